The summed E-state index contributed by atoms with van der Waals surface area (Å²) in [6.45, 7) is 7.40. The zero-order valence-electron chi connectivity index (χ0n) is 11.0. The monoisotopic (exact) mass is 331 g/mol. The van der Waals surface area contributed by atoms with Crippen LogP contribution < -0.4 is 0 Å². The summed E-state index contributed by atoms with van der Waals surface area (Å²) in [4.78, 5) is 0. The summed E-state index contributed by atoms with van der Waals surface area (Å²) in [5, 5.41) is 9.33. The van der Waals surface area contributed by atoms with Gasteiger partial charge in [-0.25, -0.2) is 0 Å². The van der Waals surface area contributed by atoms with E-state index in [1.165, 1.54) is 0 Å². The quantitative estimate of drug-likeness (QED) is 0.683. The van der Waals surface area contributed by atoms with Gasteiger partial charge in [0.15, 0.2) is 0 Å². The average Bonchev–Trinajstić information content (AvgIpc) is 2.27. The molecule has 1 N–H and O–H groups in total. The third-order valence-electron chi connectivity index (χ3n) is 2.37. The molecule has 1 aromatic carbocycles. The summed E-state index contributed by atoms with van der Waals surface area (Å²) in [6, 6.07) is 5.59. The SMILES string of the molecule is C/C(=N\[S@@+]([O-])C(C)(C)C)c1ccc(Br)cc1CO. The van der Waals surface area contributed by atoms with Gasteiger partial charge in [0.1, 0.15) is 16.1 Å². The first-order valence-electron chi connectivity index (χ1n) is 5.62. The van der Waals surface area contributed by atoms with E-state index in [1.54, 1.807) is 0 Å². The molecule has 5 heteroatoms. The van der Waals surface area contributed by atoms with Crippen molar-refractivity contribution in [1.29, 1.82) is 0 Å². The predicted octanol–water partition coefficient (Wildman–Crippen LogP) is 3.21. The van der Waals surface area contributed by atoms with Gasteiger partial charge in [-0.15, -0.1) is 0 Å². The molecule has 0 heterocycles. The van der Waals surface area contributed by atoms with Crippen molar-refractivity contribution in [2.75, 3.05) is 0 Å². The first kappa shape index (κ1) is 15.7. The molecule has 100 valence electrons. The maximum absolute atomic E-state index is 12.0. The van der Waals surface area contributed by atoms with E-state index in [2.05, 4.69) is 20.3 Å². The third kappa shape index (κ3) is 4.09. The van der Waals surface area contributed by atoms with E-state index in [1.807, 2.05) is 45.9 Å². The largest absolute Gasteiger partial charge is 0.591 e. The van der Waals surface area contributed by atoms with Crippen LogP contribution in [0.2, 0.25) is 0 Å². The highest BCUT2D eigenvalue weighted by Gasteiger charge is 2.27. The molecule has 0 bridgehead atoms. The van der Waals surface area contributed by atoms with Gasteiger partial charge in [-0.3, -0.25) is 0 Å². The highest BCUT2D eigenvalue weighted by molar-refractivity contribution is 9.10. The Hall–Kier alpha value is -0.360. The molecule has 1 atom stereocenters. The van der Waals surface area contributed by atoms with E-state index in [0.717, 1.165) is 15.6 Å². The van der Waals surface area contributed by atoms with Crippen LogP contribution in [0, 0.1) is 0 Å². The van der Waals surface area contributed by atoms with E-state index in [0.29, 0.717) is 5.71 Å². The van der Waals surface area contributed by atoms with Crippen molar-refractivity contribution < 1.29 is 9.66 Å². The normalized spacial score (nSPS) is 14.7. The molecule has 18 heavy (non-hydrogen) atoms. The minimum atomic E-state index is -1.29. The van der Waals surface area contributed by atoms with Gasteiger partial charge in [0.05, 0.1) is 12.3 Å². The lowest BCUT2D eigenvalue weighted by molar-refractivity contribution is 0.281. The van der Waals surface area contributed by atoms with Crippen LogP contribution in [0.5, 0.6) is 0 Å². The van der Waals surface area contributed by atoms with Gasteiger partial charge in [0, 0.05) is 10.0 Å². The summed E-state index contributed by atoms with van der Waals surface area (Å²) in [7, 11) is 0. The van der Waals surface area contributed by atoms with E-state index in [-0.39, 0.29) is 11.4 Å². The van der Waals surface area contributed by atoms with E-state index >= 15 is 0 Å². The lowest BCUT2D eigenvalue weighted by atomic mass is 10.0. The standard InChI is InChI=1S/C13H18BrNO2S/c1-9(15-18(17)13(2,3)4)12-6-5-11(14)7-10(12)8-16/h5-7,16H,8H2,1-4H3/b15-9+/t18-/m0/s1. The number of halogens is 1. The van der Waals surface area contributed by atoms with Gasteiger partial charge < -0.3 is 9.66 Å². The predicted molar refractivity (Wildman–Crippen MR) is 80.2 cm³/mol. The lowest BCUT2D eigenvalue weighted by Crippen LogP contribution is -2.26. The summed E-state index contributed by atoms with van der Waals surface area (Å²) in [6.07, 6.45) is 0. The van der Waals surface area contributed by atoms with Crippen molar-refractivity contribution in [3.63, 3.8) is 0 Å². The average molecular weight is 332 g/mol. The molecule has 0 aliphatic carbocycles. The van der Waals surface area contributed by atoms with Crippen molar-refractivity contribution in [2.45, 2.75) is 39.0 Å². The fourth-order valence-electron chi connectivity index (χ4n) is 1.36. The smallest absolute Gasteiger partial charge is 0.144 e. The Kier molecular flexibility index (Phi) is 5.40. The fourth-order valence-corrected chi connectivity index (χ4v) is 2.39. The maximum atomic E-state index is 12.0. The Bertz CT molecular complexity index is 455. The Morgan fingerprint density at radius 2 is 2.06 bits per heavy atom. The molecule has 1 aromatic rings. The second kappa shape index (κ2) is 6.19. The first-order chi connectivity index (χ1) is 8.25. The molecule has 0 aromatic heterocycles. The Labute approximate surface area is 120 Å². The van der Waals surface area contributed by atoms with Crippen LogP contribution in [0.25, 0.3) is 0 Å². The van der Waals surface area contributed by atoms with Crippen molar-refractivity contribution in [3.8, 4) is 0 Å². The molecule has 0 aliphatic heterocycles. The van der Waals surface area contributed by atoms with E-state index < -0.39 is 11.4 Å². The van der Waals surface area contributed by atoms with Crippen LogP contribution in [0.3, 0.4) is 0 Å². The number of rotatable bonds is 3. The number of benzene rings is 1. The van der Waals surface area contributed by atoms with Crippen LogP contribution in [0.1, 0.15) is 38.8 Å². The summed E-state index contributed by atoms with van der Waals surface area (Å²) in [5.74, 6) is 0. The molecule has 0 saturated heterocycles. The fraction of sp³-hybridized carbons (Fsp3) is 0.462. The van der Waals surface area contributed by atoms with Crippen LogP contribution in [-0.2, 0) is 18.0 Å². The van der Waals surface area contributed by atoms with Crippen molar-refractivity contribution in [2.24, 2.45) is 4.40 Å². The Morgan fingerprint density at radius 1 is 1.44 bits per heavy atom. The summed E-state index contributed by atoms with van der Waals surface area (Å²) in [5.41, 5.74) is 2.29. The Balaban J connectivity index is 3.11. The molecule has 0 saturated carbocycles. The molecule has 0 radical (unpaired) electrons. The molecule has 0 unspecified atom stereocenters. The van der Waals surface area contributed by atoms with Crippen LogP contribution in [0.4, 0.5) is 0 Å². The van der Waals surface area contributed by atoms with Gasteiger partial charge in [-0.1, -0.05) is 26.4 Å². The topological polar surface area (TPSA) is 55.7 Å². The van der Waals surface area contributed by atoms with Gasteiger partial charge >= 0.3 is 0 Å². The van der Waals surface area contributed by atoms with E-state index in [9.17, 15) is 9.66 Å². The molecule has 0 amide bonds. The maximum Gasteiger partial charge on any atom is 0.144 e. The molecule has 1 rings (SSSR count). The highest BCUT2D eigenvalue weighted by Crippen LogP contribution is 2.21. The van der Waals surface area contributed by atoms with Gasteiger partial charge in [-0.05, 0) is 45.4 Å². The molecular weight excluding hydrogens is 314 g/mol. The lowest BCUT2D eigenvalue weighted by Gasteiger charge is -2.19. The number of nitrogens with zero attached hydrogens (tertiary/aromatic N) is 1. The second-order valence-corrected chi connectivity index (χ2v) is 7.82. The molecule has 0 spiro atoms. The number of aliphatic hydroxyl groups is 1. The van der Waals surface area contributed by atoms with Gasteiger partial charge in [0.25, 0.3) is 0 Å². The van der Waals surface area contributed by atoms with Crippen molar-refractivity contribution >= 4 is 33.0 Å². The number of hydrogen-bond donors (Lipinski definition) is 1. The number of hydrogen-bond acceptors (Lipinski definition) is 3. The molecule has 0 aliphatic rings. The summed E-state index contributed by atoms with van der Waals surface area (Å²) >= 11 is 2.07. The minimum absolute atomic E-state index is 0.0657. The number of aliphatic hydroxyl groups excluding tert-OH is 1. The van der Waals surface area contributed by atoms with Crippen LogP contribution >= 0.6 is 15.9 Å². The van der Waals surface area contributed by atoms with Gasteiger partial charge in [0.2, 0.25) is 0 Å². The highest BCUT2D eigenvalue weighted by atomic mass is 79.9. The van der Waals surface area contributed by atoms with E-state index in [4.69, 9.17) is 0 Å². The molecular formula is C13H18BrNO2S. The van der Waals surface area contributed by atoms with Crippen molar-refractivity contribution in [3.05, 3.63) is 33.8 Å². The van der Waals surface area contributed by atoms with Crippen LogP contribution in [0.15, 0.2) is 27.1 Å². The molecule has 3 nitrogen and oxygen atoms in total. The summed E-state index contributed by atoms with van der Waals surface area (Å²) < 4.78 is 16.7. The first-order valence-corrected chi connectivity index (χ1v) is 7.52. The minimum Gasteiger partial charge on any atom is -0.591 e. The molecule has 0 fully saturated rings. The second-order valence-electron chi connectivity index (χ2n) is 5.00. The Morgan fingerprint density at radius 3 is 2.56 bits per heavy atom. The van der Waals surface area contributed by atoms with Gasteiger partial charge in [-0.2, -0.15) is 0 Å². The van der Waals surface area contributed by atoms with Crippen molar-refractivity contribution in [1.82, 2.24) is 0 Å². The van der Waals surface area contributed by atoms with Crippen LogP contribution in [-0.4, -0.2) is 20.1 Å². The zero-order chi connectivity index (χ0) is 13.9. The zero-order valence-corrected chi connectivity index (χ0v) is 13.4. The third-order valence-corrected chi connectivity index (χ3v) is 4.35.